The fourth-order valence-corrected chi connectivity index (χ4v) is 2.00. The van der Waals surface area contributed by atoms with Crippen LogP contribution >= 0.6 is 24.0 Å². The average molecular weight is 459 g/mol. The van der Waals surface area contributed by atoms with Crippen molar-refractivity contribution < 1.29 is 17.9 Å². The molecule has 0 unspecified atom stereocenters. The third-order valence-electron chi connectivity index (χ3n) is 3.27. The minimum atomic E-state index is -4.07. The first-order valence-electron chi connectivity index (χ1n) is 7.59. The Morgan fingerprint density at radius 1 is 1.08 bits per heavy atom. The van der Waals surface area contributed by atoms with Crippen molar-refractivity contribution in [3.8, 4) is 5.75 Å². The van der Waals surface area contributed by atoms with Crippen LogP contribution in [-0.4, -0.2) is 39.4 Å². The summed E-state index contributed by atoms with van der Waals surface area (Å²) in [5.41, 5.74) is 1.17. The molecule has 0 aliphatic heterocycles. The van der Waals surface area contributed by atoms with Crippen LogP contribution < -0.4 is 15.4 Å². The minimum Gasteiger partial charge on any atom is -0.497 e. The Labute approximate surface area is 158 Å². The molecule has 0 saturated heterocycles. The van der Waals surface area contributed by atoms with E-state index in [1.54, 1.807) is 14.2 Å². The van der Waals surface area contributed by atoms with Crippen LogP contribution in [0.5, 0.6) is 5.75 Å². The van der Waals surface area contributed by atoms with E-state index in [4.69, 9.17) is 4.74 Å². The van der Waals surface area contributed by atoms with E-state index in [0.29, 0.717) is 25.5 Å². The normalized spacial score (nSPS) is 11.6. The van der Waals surface area contributed by atoms with Gasteiger partial charge in [0.1, 0.15) is 5.75 Å². The van der Waals surface area contributed by atoms with Crippen molar-refractivity contribution in [2.75, 3.05) is 27.2 Å². The maximum Gasteiger partial charge on any atom is 0.389 e. The first-order valence-corrected chi connectivity index (χ1v) is 7.59. The van der Waals surface area contributed by atoms with Crippen molar-refractivity contribution in [3.05, 3.63) is 29.8 Å². The Bertz CT molecular complexity index is 478. The number of nitrogens with one attached hydrogen (secondary N) is 2. The second-order valence-corrected chi connectivity index (χ2v) is 5.10. The van der Waals surface area contributed by atoms with Gasteiger partial charge in [-0.2, -0.15) is 13.2 Å². The lowest BCUT2D eigenvalue weighted by Gasteiger charge is -2.12. The fourth-order valence-electron chi connectivity index (χ4n) is 2.00. The molecule has 1 aromatic carbocycles. The van der Waals surface area contributed by atoms with Gasteiger partial charge in [-0.1, -0.05) is 12.1 Å². The lowest BCUT2D eigenvalue weighted by Crippen LogP contribution is -2.38. The molecule has 0 spiro atoms. The van der Waals surface area contributed by atoms with Gasteiger partial charge >= 0.3 is 6.18 Å². The summed E-state index contributed by atoms with van der Waals surface area (Å²) in [5.74, 6) is 1.42. The molecule has 0 bridgehead atoms. The molecule has 0 amide bonds. The van der Waals surface area contributed by atoms with Gasteiger partial charge in [-0.25, -0.2) is 0 Å². The van der Waals surface area contributed by atoms with Gasteiger partial charge in [0.25, 0.3) is 0 Å². The third kappa shape index (κ3) is 10.6. The van der Waals surface area contributed by atoms with E-state index in [1.807, 2.05) is 24.3 Å². The quantitative estimate of drug-likeness (QED) is 0.270. The molecule has 0 aliphatic carbocycles. The van der Waals surface area contributed by atoms with Gasteiger partial charge in [-0.3, -0.25) is 4.99 Å². The van der Waals surface area contributed by atoms with Crippen molar-refractivity contribution >= 4 is 29.9 Å². The smallest absolute Gasteiger partial charge is 0.389 e. The number of rotatable bonds is 8. The highest BCUT2D eigenvalue weighted by molar-refractivity contribution is 14.0. The summed E-state index contributed by atoms with van der Waals surface area (Å²) >= 11 is 0. The molecule has 1 aromatic rings. The minimum absolute atomic E-state index is 0. The molecule has 0 aromatic heterocycles. The lowest BCUT2D eigenvalue weighted by molar-refractivity contribution is -0.135. The molecule has 2 N–H and O–H groups in total. The monoisotopic (exact) mass is 459 g/mol. The van der Waals surface area contributed by atoms with Crippen LogP contribution in [0.2, 0.25) is 0 Å². The average Bonchev–Trinajstić information content (AvgIpc) is 2.52. The lowest BCUT2D eigenvalue weighted by atomic mass is 10.1. The molecular weight excluding hydrogens is 434 g/mol. The molecule has 0 fully saturated rings. The molecule has 1 rings (SSSR count). The molecule has 0 saturated carbocycles. The summed E-state index contributed by atoms with van der Waals surface area (Å²) in [6.07, 6.45) is -3.41. The van der Waals surface area contributed by atoms with Gasteiger partial charge in [0.2, 0.25) is 0 Å². The number of benzene rings is 1. The number of nitrogens with zero attached hydrogens (tertiary/aromatic N) is 1. The highest BCUT2D eigenvalue weighted by atomic mass is 127. The van der Waals surface area contributed by atoms with Crippen LogP contribution in [0.4, 0.5) is 13.2 Å². The maximum atomic E-state index is 12.0. The van der Waals surface area contributed by atoms with Gasteiger partial charge in [-0.15, -0.1) is 24.0 Å². The number of unbranched alkanes of at least 4 members (excludes halogenated alkanes) is 1. The molecule has 24 heavy (non-hydrogen) atoms. The second kappa shape index (κ2) is 12.2. The summed E-state index contributed by atoms with van der Waals surface area (Å²) in [6.45, 7) is 1.16. The Morgan fingerprint density at radius 2 is 1.71 bits per heavy atom. The molecule has 0 heterocycles. The van der Waals surface area contributed by atoms with E-state index < -0.39 is 12.6 Å². The number of halogens is 4. The first-order chi connectivity index (χ1) is 10.9. The number of hydrogen-bond donors (Lipinski definition) is 2. The number of aliphatic imine (C=N–C) groups is 1. The van der Waals surface area contributed by atoms with Crippen molar-refractivity contribution in [1.82, 2.24) is 10.6 Å². The van der Waals surface area contributed by atoms with Crippen LogP contribution in [-0.2, 0) is 6.42 Å². The van der Waals surface area contributed by atoms with E-state index in [0.717, 1.165) is 12.2 Å². The Balaban J connectivity index is 0.00000529. The Hall–Kier alpha value is -1.19. The number of hydrogen-bond acceptors (Lipinski definition) is 2. The topological polar surface area (TPSA) is 45.7 Å². The summed E-state index contributed by atoms with van der Waals surface area (Å²) < 4.78 is 41.2. The molecule has 0 radical (unpaired) electrons. The molecular formula is C16H25F3IN3O. The van der Waals surface area contributed by atoms with Gasteiger partial charge in [-0.05, 0) is 37.0 Å². The van der Waals surface area contributed by atoms with Crippen LogP contribution in [0.3, 0.4) is 0 Å². The summed E-state index contributed by atoms with van der Waals surface area (Å²) in [7, 11) is 3.26. The van der Waals surface area contributed by atoms with E-state index in [2.05, 4.69) is 15.6 Å². The number of alkyl halides is 3. The van der Waals surface area contributed by atoms with Gasteiger partial charge in [0.15, 0.2) is 5.96 Å². The Morgan fingerprint density at radius 3 is 2.25 bits per heavy atom. The van der Waals surface area contributed by atoms with E-state index >= 15 is 0 Å². The largest absolute Gasteiger partial charge is 0.497 e. The highest BCUT2D eigenvalue weighted by Crippen LogP contribution is 2.21. The standard InChI is InChI=1S/C16H24F3N3O.HI/c1-20-15(21-11-4-3-10-16(17,18)19)22-12-9-13-5-7-14(23-2)8-6-13;/h5-8H,3-4,9-12H2,1-2H3,(H2,20,21,22);1H. The molecule has 138 valence electrons. The second-order valence-electron chi connectivity index (χ2n) is 5.10. The predicted octanol–water partition coefficient (Wildman–Crippen LogP) is 3.75. The number of guanidine groups is 1. The SMILES string of the molecule is CN=C(NCCCCC(F)(F)F)NCCc1ccc(OC)cc1.I. The molecule has 4 nitrogen and oxygen atoms in total. The van der Waals surface area contributed by atoms with Crippen LogP contribution in [0.15, 0.2) is 29.3 Å². The van der Waals surface area contributed by atoms with Crippen molar-refractivity contribution in [1.29, 1.82) is 0 Å². The zero-order chi connectivity index (χ0) is 17.1. The molecule has 8 heteroatoms. The number of methoxy groups -OCH3 is 1. The van der Waals surface area contributed by atoms with Crippen LogP contribution in [0.25, 0.3) is 0 Å². The third-order valence-corrected chi connectivity index (χ3v) is 3.27. The summed E-state index contributed by atoms with van der Waals surface area (Å²) in [4.78, 5) is 4.05. The zero-order valence-corrected chi connectivity index (χ0v) is 16.3. The first kappa shape index (κ1) is 22.8. The predicted molar refractivity (Wildman–Crippen MR) is 101 cm³/mol. The van der Waals surface area contributed by atoms with Crippen molar-refractivity contribution in [2.45, 2.75) is 31.9 Å². The van der Waals surface area contributed by atoms with Gasteiger partial charge < -0.3 is 15.4 Å². The van der Waals surface area contributed by atoms with E-state index in [-0.39, 0.29) is 30.4 Å². The van der Waals surface area contributed by atoms with Crippen molar-refractivity contribution in [3.63, 3.8) is 0 Å². The molecule has 0 aliphatic rings. The van der Waals surface area contributed by atoms with Crippen molar-refractivity contribution in [2.24, 2.45) is 4.99 Å². The number of ether oxygens (including phenoxy) is 1. The maximum absolute atomic E-state index is 12.0. The Kier molecular flexibility index (Phi) is 11.6. The van der Waals surface area contributed by atoms with Gasteiger partial charge in [0, 0.05) is 26.6 Å². The van der Waals surface area contributed by atoms with Crippen LogP contribution in [0.1, 0.15) is 24.8 Å². The van der Waals surface area contributed by atoms with Crippen LogP contribution in [0, 0.1) is 0 Å². The summed E-state index contributed by atoms with van der Waals surface area (Å²) in [5, 5.41) is 6.15. The van der Waals surface area contributed by atoms with E-state index in [1.165, 1.54) is 5.56 Å². The fraction of sp³-hybridized carbons (Fsp3) is 0.562. The molecule has 0 atom stereocenters. The highest BCUT2D eigenvalue weighted by Gasteiger charge is 2.25. The zero-order valence-electron chi connectivity index (χ0n) is 13.9. The van der Waals surface area contributed by atoms with Gasteiger partial charge in [0.05, 0.1) is 7.11 Å². The van der Waals surface area contributed by atoms with E-state index in [9.17, 15) is 13.2 Å². The summed E-state index contributed by atoms with van der Waals surface area (Å²) in [6, 6.07) is 7.80.